The maximum absolute atomic E-state index is 12.0. The Bertz CT molecular complexity index is 806. The zero-order chi connectivity index (χ0) is 18.4. The van der Waals surface area contributed by atoms with Crippen molar-refractivity contribution in [2.45, 2.75) is 13.8 Å². The molecule has 7 nitrogen and oxygen atoms in total. The van der Waals surface area contributed by atoms with Gasteiger partial charge in [0, 0.05) is 3.57 Å². The predicted molar refractivity (Wildman–Crippen MR) is 101 cm³/mol. The molecule has 0 unspecified atom stereocenters. The molecular formula is C16H15IN2O5S. The number of thiazole rings is 1. The Morgan fingerprint density at radius 2 is 1.92 bits per heavy atom. The number of carbonyl (C=O) groups excluding carboxylic acids is 3. The molecule has 0 atom stereocenters. The summed E-state index contributed by atoms with van der Waals surface area (Å²) >= 11 is 3.03. The van der Waals surface area contributed by atoms with Gasteiger partial charge < -0.3 is 9.47 Å². The fourth-order valence-corrected chi connectivity index (χ4v) is 3.31. The van der Waals surface area contributed by atoms with Crippen LogP contribution in [0.4, 0.5) is 5.13 Å². The molecular weight excluding hydrogens is 459 g/mol. The number of carbonyl (C=O) groups is 3. The SMILES string of the molecule is CCOC(=O)c1sc(NC(=O)COC(=O)c2ccccc2I)nc1C. The zero-order valence-corrected chi connectivity index (χ0v) is 16.5. The molecule has 2 aromatic rings. The number of esters is 2. The summed E-state index contributed by atoms with van der Waals surface area (Å²) in [7, 11) is 0. The Hall–Kier alpha value is -2.01. The first-order valence-electron chi connectivity index (χ1n) is 7.28. The average molecular weight is 474 g/mol. The van der Waals surface area contributed by atoms with Crippen molar-refractivity contribution >= 4 is 56.9 Å². The van der Waals surface area contributed by atoms with Crippen LogP contribution in [-0.2, 0) is 14.3 Å². The van der Waals surface area contributed by atoms with E-state index < -0.39 is 24.5 Å². The molecule has 25 heavy (non-hydrogen) atoms. The fourth-order valence-electron chi connectivity index (χ4n) is 1.83. The van der Waals surface area contributed by atoms with E-state index in [4.69, 9.17) is 9.47 Å². The minimum Gasteiger partial charge on any atom is -0.462 e. The van der Waals surface area contributed by atoms with Crippen LogP contribution in [0.15, 0.2) is 24.3 Å². The van der Waals surface area contributed by atoms with Gasteiger partial charge in [-0.3, -0.25) is 10.1 Å². The van der Waals surface area contributed by atoms with Crippen molar-refractivity contribution < 1.29 is 23.9 Å². The molecule has 0 aliphatic heterocycles. The van der Waals surface area contributed by atoms with Crippen molar-refractivity contribution in [3.05, 3.63) is 44.0 Å². The van der Waals surface area contributed by atoms with Crippen LogP contribution in [0.3, 0.4) is 0 Å². The van der Waals surface area contributed by atoms with E-state index in [2.05, 4.69) is 10.3 Å². The van der Waals surface area contributed by atoms with Gasteiger partial charge in [-0.1, -0.05) is 23.5 Å². The summed E-state index contributed by atoms with van der Waals surface area (Å²) in [6.45, 7) is 3.16. The lowest BCUT2D eigenvalue weighted by atomic mass is 10.2. The number of nitrogens with one attached hydrogen (secondary N) is 1. The second-order valence-corrected chi connectivity index (χ2v) is 6.92. The Morgan fingerprint density at radius 3 is 2.60 bits per heavy atom. The third kappa shape index (κ3) is 5.23. The first-order valence-corrected chi connectivity index (χ1v) is 9.18. The van der Waals surface area contributed by atoms with Crippen LogP contribution in [0.1, 0.15) is 32.6 Å². The topological polar surface area (TPSA) is 94.6 Å². The van der Waals surface area contributed by atoms with Crippen LogP contribution in [0.5, 0.6) is 0 Å². The van der Waals surface area contributed by atoms with Crippen LogP contribution < -0.4 is 5.32 Å². The number of hydrogen-bond donors (Lipinski definition) is 1. The van der Waals surface area contributed by atoms with Gasteiger partial charge >= 0.3 is 11.9 Å². The molecule has 0 aliphatic carbocycles. The van der Waals surface area contributed by atoms with Crippen LogP contribution >= 0.6 is 33.9 Å². The summed E-state index contributed by atoms with van der Waals surface area (Å²) in [5, 5.41) is 2.75. The number of rotatable bonds is 6. The van der Waals surface area contributed by atoms with Crippen molar-refractivity contribution in [1.29, 1.82) is 0 Å². The highest BCUT2D eigenvalue weighted by atomic mass is 127. The highest BCUT2D eigenvalue weighted by Crippen LogP contribution is 2.23. The molecule has 1 aromatic heterocycles. The van der Waals surface area contributed by atoms with Crippen LogP contribution in [0.25, 0.3) is 0 Å². The largest absolute Gasteiger partial charge is 0.462 e. The molecule has 0 fully saturated rings. The summed E-state index contributed by atoms with van der Waals surface area (Å²) in [6.07, 6.45) is 0. The number of hydrogen-bond acceptors (Lipinski definition) is 7. The van der Waals surface area contributed by atoms with Crippen molar-refractivity contribution in [2.75, 3.05) is 18.5 Å². The summed E-state index contributed by atoms with van der Waals surface area (Å²) in [4.78, 5) is 40.0. The molecule has 0 saturated carbocycles. The van der Waals surface area contributed by atoms with Gasteiger partial charge in [0.05, 0.1) is 17.9 Å². The van der Waals surface area contributed by atoms with Crippen molar-refractivity contribution in [1.82, 2.24) is 4.98 Å². The molecule has 0 radical (unpaired) electrons. The average Bonchev–Trinajstić information content (AvgIpc) is 2.93. The molecule has 0 bridgehead atoms. The van der Waals surface area contributed by atoms with Crippen molar-refractivity contribution in [3.63, 3.8) is 0 Å². The van der Waals surface area contributed by atoms with Gasteiger partial charge in [-0.25, -0.2) is 14.6 Å². The number of ether oxygens (including phenoxy) is 2. The Labute approximate surface area is 161 Å². The lowest BCUT2D eigenvalue weighted by molar-refractivity contribution is -0.119. The standard InChI is InChI=1S/C16H15IN2O5S/c1-3-23-15(22)13-9(2)18-16(25-13)19-12(20)8-24-14(21)10-6-4-5-7-11(10)17/h4-7H,3,8H2,1-2H3,(H,18,19,20). The molecule has 2 rings (SSSR count). The van der Waals surface area contributed by atoms with Crippen molar-refractivity contribution in [2.24, 2.45) is 0 Å². The molecule has 1 N–H and O–H groups in total. The summed E-state index contributed by atoms with van der Waals surface area (Å²) in [5.41, 5.74) is 0.861. The van der Waals surface area contributed by atoms with E-state index in [0.29, 0.717) is 16.1 Å². The smallest absolute Gasteiger partial charge is 0.350 e. The number of amides is 1. The minimum atomic E-state index is -0.581. The van der Waals surface area contributed by atoms with E-state index in [1.54, 1.807) is 38.1 Å². The van der Waals surface area contributed by atoms with Gasteiger partial charge in [-0.15, -0.1) is 0 Å². The third-order valence-corrected chi connectivity index (χ3v) is 4.93. The first-order chi connectivity index (χ1) is 11.9. The van der Waals surface area contributed by atoms with E-state index in [-0.39, 0.29) is 11.7 Å². The molecule has 1 aromatic carbocycles. The van der Waals surface area contributed by atoms with E-state index in [1.165, 1.54) is 0 Å². The number of anilines is 1. The molecule has 0 spiro atoms. The van der Waals surface area contributed by atoms with Gasteiger partial charge in [0.25, 0.3) is 5.91 Å². The minimum absolute atomic E-state index is 0.246. The van der Waals surface area contributed by atoms with E-state index in [0.717, 1.165) is 14.9 Å². The molecule has 1 amide bonds. The second-order valence-electron chi connectivity index (χ2n) is 4.76. The van der Waals surface area contributed by atoms with Crippen LogP contribution in [0.2, 0.25) is 0 Å². The predicted octanol–water partition coefficient (Wildman–Crippen LogP) is 3.03. The van der Waals surface area contributed by atoms with E-state index in [1.807, 2.05) is 22.6 Å². The number of aromatic nitrogens is 1. The summed E-state index contributed by atoms with van der Waals surface area (Å²) in [6, 6.07) is 6.91. The monoisotopic (exact) mass is 474 g/mol. The summed E-state index contributed by atoms with van der Waals surface area (Å²) in [5.74, 6) is -1.60. The highest BCUT2D eigenvalue weighted by Gasteiger charge is 2.18. The van der Waals surface area contributed by atoms with Gasteiger partial charge in [0.2, 0.25) is 0 Å². The Kier molecular flexibility index (Phi) is 6.88. The van der Waals surface area contributed by atoms with E-state index >= 15 is 0 Å². The molecule has 1 heterocycles. The highest BCUT2D eigenvalue weighted by molar-refractivity contribution is 14.1. The maximum Gasteiger partial charge on any atom is 0.350 e. The Morgan fingerprint density at radius 1 is 1.20 bits per heavy atom. The molecule has 0 saturated heterocycles. The first kappa shape index (κ1) is 19.3. The number of nitrogens with zero attached hydrogens (tertiary/aromatic N) is 1. The second kappa shape index (κ2) is 8.90. The maximum atomic E-state index is 12.0. The molecule has 132 valence electrons. The zero-order valence-electron chi connectivity index (χ0n) is 13.5. The molecule has 0 aliphatic rings. The van der Waals surface area contributed by atoms with Crippen LogP contribution in [0, 0.1) is 10.5 Å². The lowest BCUT2D eigenvalue weighted by Crippen LogP contribution is -2.21. The van der Waals surface area contributed by atoms with Crippen molar-refractivity contribution in [3.8, 4) is 0 Å². The lowest BCUT2D eigenvalue weighted by Gasteiger charge is -2.06. The van der Waals surface area contributed by atoms with Gasteiger partial charge in [0.15, 0.2) is 11.7 Å². The number of halogens is 1. The number of benzene rings is 1. The third-order valence-electron chi connectivity index (χ3n) is 2.93. The fraction of sp³-hybridized carbons (Fsp3) is 0.250. The number of aryl methyl sites for hydroxylation is 1. The van der Waals surface area contributed by atoms with Gasteiger partial charge in [-0.2, -0.15) is 0 Å². The van der Waals surface area contributed by atoms with Gasteiger partial charge in [-0.05, 0) is 48.6 Å². The Balaban J connectivity index is 1.92. The summed E-state index contributed by atoms with van der Waals surface area (Å²) < 4.78 is 10.6. The molecule has 9 heteroatoms. The normalized spacial score (nSPS) is 10.2. The van der Waals surface area contributed by atoms with E-state index in [9.17, 15) is 14.4 Å². The van der Waals surface area contributed by atoms with Crippen LogP contribution in [-0.4, -0.2) is 36.0 Å². The van der Waals surface area contributed by atoms with Gasteiger partial charge in [0.1, 0.15) is 4.88 Å². The quantitative estimate of drug-likeness (QED) is 0.511.